The van der Waals surface area contributed by atoms with Gasteiger partial charge in [-0.05, 0) is 31.1 Å². The maximum absolute atomic E-state index is 12.1. The lowest BCUT2D eigenvalue weighted by molar-refractivity contribution is -0.136. The number of carbonyl (C=O) groups is 1. The van der Waals surface area contributed by atoms with Gasteiger partial charge >= 0.3 is 0 Å². The fourth-order valence-electron chi connectivity index (χ4n) is 2.21. The second-order valence-electron chi connectivity index (χ2n) is 6.35. The second kappa shape index (κ2) is 9.59. The maximum atomic E-state index is 12.1. The van der Waals surface area contributed by atoms with Crippen LogP contribution in [0.1, 0.15) is 47.0 Å². The van der Waals surface area contributed by atoms with Gasteiger partial charge in [-0.2, -0.15) is 0 Å². The molecule has 1 fully saturated rings. The summed E-state index contributed by atoms with van der Waals surface area (Å²) in [7, 11) is 0. The summed E-state index contributed by atoms with van der Waals surface area (Å²) in [6, 6.07) is -0.363. The third kappa shape index (κ3) is 6.42. The predicted molar refractivity (Wildman–Crippen MR) is 85.1 cm³/mol. The van der Waals surface area contributed by atoms with Crippen LogP contribution in [0.3, 0.4) is 0 Å². The van der Waals surface area contributed by atoms with Crippen molar-refractivity contribution in [1.29, 1.82) is 0 Å². The normalized spacial score (nSPS) is 18.2. The van der Waals surface area contributed by atoms with E-state index in [1.807, 2.05) is 18.7 Å². The molecule has 20 heavy (non-hydrogen) atoms. The van der Waals surface area contributed by atoms with Crippen molar-refractivity contribution in [1.82, 2.24) is 4.90 Å². The lowest BCUT2D eigenvalue weighted by Crippen LogP contribution is -2.50. The smallest absolute Gasteiger partial charge is 0.239 e. The summed E-state index contributed by atoms with van der Waals surface area (Å²) in [5.41, 5.74) is 5.92. The first-order chi connectivity index (χ1) is 8.91. The average Bonchev–Trinajstić information content (AvgIpc) is 2.37. The van der Waals surface area contributed by atoms with Crippen LogP contribution in [0, 0.1) is 11.8 Å². The summed E-state index contributed by atoms with van der Waals surface area (Å²) in [6.07, 6.45) is 3.30. The van der Waals surface area contributed by atoms with E-state index in [1.165, 1.54) is 0 Å². The molecular weight excluding hydrogens is 276 g/mol. The predicted octanol–water partition coefficient (Wildman–Crippen LogP) is 2.45. The van der Waals surface area contributed by atoms with Crippen LogP contribution < -0.4 is 5.73 Å². The van der Waals surface area contributed by atoms with Crippen LogP contribution in [-0.2, 0) is 9.53 Å². The lowest BCUT2D eigenvalue weighted by Gasteiger charge is -2.34. The average molecular weight is 307 g/mol. The van der Waals surface area contributed by atoms with E-state index in [2.05, 4.69) is 13.8 Å². The van der Waals surface area contributed by atoms with E-state index in [4.69, 9.17) is 10.5 Å². The van der Waals surface area contributed by atoms with E-state index in [9.17, 15) is 4.79 Å². The molecule has 5 heteroatoms. The Morgan fingerprint density at radius 3 is 2.25 bits per heavy atom. The third-order valence-corrected chi connectivity index (χ3v) is 3.81. The minimum absolute atomic E-state index is 0. The molecule has 0 saturated carbocycles. The molecule has 2 N–H and O–H groups in total. The topological polar surface area (TPSA) is 55.6 Å². The summed E-state index contributed by atoms with van der Waals surface area (Å²) >= 11 is 0. The van der Waals surface area contributed by atoms with Gasteiger partial charge in [0.15, 0.2) is 0 Å². The molecule has 120 valence electrons. The number of rotatable bonds is 6. The highest BCUT2D eigenvalue weighted by molar-refractivity contribution is 5.85. The van der Waals surface area contributed by atoms with E-state index in [0.29, 0.717) is 12.0 Å². The largest absolute Gasteiger partial charge is 0.378 e. The molecule has 0 unspecified atom stereocenters. The minimum Gasteiger partial charge on any atom is -0.378 e. The molecule has 1 rings (SSSR count). The number of carbonyl (C=O) groups excluding carboxylic acids is 1. The van der Waals surface area contributed by atoms with E-state index >= 15 is 0 Å². The summed E-state index contributed by atoms with van der Waals surface area (Å²) in [4.78, 5) is 14.0. The number of amides is 1. The quantitative estimate of drug-likeness (QED) is 0.820. The number of piperidine rings is 1. The molecule has 1 saturated heterocycles. The zero-order valence-corrected chi connectivity index (χ0v) is 14.1. The van der Waals surface area contributed by atoms with Gasteiger partial charge < -0.3 is 15.4 Å². The van der Waals surface area contributed by atoms with Crippen molar-refractivity contribution in [2.75, 3.05) is 19.7 Å². The molecule has 0 aromatic carbocycles. The first-order valence-electron chi connectivity index (χ1n) is 7.57. The van der Waals surface area contributed by atoms with Crippen LogP contribution >= 0.6 is 12.4 Å². The van der Waals surface area contributed by atoms with E-state index in [1.54, 1.807) is 0 Å². The summed E-state index contributed by atoms with van der Waals surface area (Å²) in [5.74, 6) is 0.980. The van der Waals surface area contributed by atoms with Gasteiger partial charge in [0.2, 0.25) is 5.91 Å². The molecular formula is C15H31ClN2O2. The van der Waals surface area contributed by atoms with Gasteiger partial charge in [0, 0.05) is 19.7 Å². The highest BCUT2D eigenvalue weighted by Crippen LogP contribution is 2.16. The van der Waals surface area contributed by atoms with E-state index in [-0.39, 0.29) is 30.3 Å². The number of likely N-dealkylation sites (tertiary alicyclic amines) is 1. The van der Waals surface area contributed by atoms with Gasteiger partial charge in [-0.3, -0.25) is 4.79 Å². The molecule has 1 amide bonds. The van der Waals surface area contributed by atoms with Crippen molar-refractivity contribution in [2.45, 2.75) is 59.1 Å². The number of hydrogen-bond donors (Lipinski definition) is 1. The van der Waals surface area contributed by atoms with Crippen molar-refractivity contribution in [2.24, 2.45) is 17.6 Å². The molecule has 1 atom stereocenters. The van der Waals surface area contributed by atoms with Gasteiger partial charge in [0.05, 0.1) is 12.1 Å². The molecule has 0 radical (unpaired) electrons. The Kier molecular flexibility index (Phi) is 9.43. The Morgan fingerprint density at radius 2 is 1.80 bits per heavy atom. The first-order valence-corrected chi connectivity index (χ1v) is 7.57. The molecule has 0 bridgehead atoms. The number of nitrogens with two attached hydrogens (primary N) is 1. The molecule has 1 aliphatic rings. The summed E-state index contributed by atoms with van der Waals surface area (Å²) < 4.78 is 5.86. The zero-order chi connectivity index (χ0) is 14.4. The van der Waals surface area contributed by atoms with Crippen molar-refractivity contribution in [3.8, 4) is 0 Å². The van der Waals surface area contributed by atoms with Gasteiger partial charge in [-0.25, -0.2) is 0 Å². The van der Waals surface area contributed by atoms with Crippen LogP contribution in [0.25, 0.3) is 0 Å². The Hall–Kier alpha value is -0.320. The number of nitrogens with zero attached hydrogens (tertiary/aromatic N) is 1. The molecule has 1 aliphatic heterocycles. The summed E-state index contributed by atoms with van der Waals surface area (Å²) in [5, 5.41) is 0. The number of halogens is 1. The molecule has 4 nitrogen and oxygen atoms in total. The van der Waals surface area contributed by atoms with Crippen LogP contribution in [0.4, 0.5) is 0 Å². The Bertz CT molecular complexity index is 277. The highest BCUT2D eigenvalue weighted by atomic mass is 35.5. The molecule has 0 aromatic heterocycles. The molecule has 0 spiro atoms. The van der Waals surface area contributed by atoms with Crippen LogP contribution in [0.5, 0.6) is 0 Å². The van der Waals surface area contributed by atoms with Gasteiger partial charge in [-0.15, -0.1) is 12.4 Å². The monoisotopic (exact) mass is 306 g/mol. The van der Waals surface area contributed by atoms with Crippen LogP contribution in [0.2, 0.25) is 0 Å². The Balaban J connectivity index is 0.00000361. The number of hydrogen-bond acceptors (Lipinski definition) is 3. The molecule has 0 aromatic rings. The lowest BCUT2D eigenvalue weighted by atomic mass is 10.0. The van der Waals surface area contributed by atoms with Gasteiger partial charge in [-0.1, -0.05) is 27.7 Å². The van der Waals surface area contributed by atoms with Crippen molar-refractivity contribution < 1.29 is 9.53 Å². The van der Waals surface area contributed by atoms with Gasteiger partial charge in [0.25, 0.3) is 0 Å². The van der Waals surface area contributed by atoms with Crippen molar-refractivity contribution in [3.63, 3.8) is 0 Å². The maximum Gasteiger partial charge on any atom is 0.239 e. The standard InChI is InChI=1S/C15H30N2O2.ClH/c1-11(2)7-10-19-13-5-8-17(9-6-13)15(18)14(16)12(3)4;/h11-14H,5-10,16H2,1-4H3;1H/t14-;/m0./s1. The second-order valence-corrected chi connectivity index (χ2v) is 6.35. The Morgan fingerprint density at radius 1 is 1.25 bits per heavy atom. The highest BCUT2D eigenvalue weighted by Gasteiger charge is 2.27. The molecule has 1 heterocycles. The minimum atomic E-state index is -0.363. The fraction of sp³-hybridized carbons (Fsp3) is 0.933. The van der Waals surface area contributed by atoms with Crippen LogP contribution in [0.15, 0.2) is 0 Å². The van der Waals surface area contributed by atoms with Crippen LogP contribution in [-0.4, -0.2) is 42.6 Å². The Labute approximate surface area is 129 Å². The van der Waals surface area contributed by atoms with Crippen molar-refractivity contribution in [3.05, 3.63) is 0 Å². The van der Waals surface area contributed by atoms with Gasteiger partial charge in [0.1, 0.15) is 0 Å². The fourth-order valence-corrected chi connectivity index (χ4v) is 2.21. The summed E-state index contributed by atoms with van der Waals surface area (Å²) in [6.45, 7) is 10.8. The van der Waals surface area contributed by atoms with E-state index in [0.717, 1.165) is 39.0 Å². The third-order valence-electron chi connectivity index (χ3n) is 3.81. The zero-order valence-electron chi connectivity index (χ0n) is 13.3. The van der Waals surface area contributed by atoms with E-state index < -0.39 is 0 Å². The molecule has 0 aliphatic carbocycles. The van der Waals surface area contributed by atoms with Crippen molar-refractivity contribution >= 4 is 18.3 Å². The SMILES string of the molecule is CC(C)CCOC1CCN(C(=O)[C@@H](N)C(C)C)CC1.Cl. The first kappa shape index (κ1) is 19.7. The number of ether oxygens (including phenoxy) is 1.